The van der Waals surface area contributed by atoms with Gasteiger partial charge < -0.3 is 22.8 Å². The first-order chi connectivity index (χ1) is 66.9. The van der Waals surface area contributed by atoms with Crippen LogP contribution in [0.15, 0.2) is 334 Å². The number of hydrogen-bond donors (Lipinski definition) is 10. The summed E-state index contributed by atoms with van der Waals surface area (Å²) in [5.74, 6) is -3.38. The monoisotopic (exact) mass is 1860 g/mol. The second kappa shape index (κ2) is 48.5. The highest BCUT2D eigenvalue weighted by Crippen LogP contribution is 2.39. The number of nitrogens with one attached hydrogen (secondary N) is 5. The van der Waals surface area contributed by atoms with Gasteiger partial charge in [0, 0.05) is 169 Å². The van der Waals surface area contributed by atoms with Gasteiger partial charge >= 0.3 is 6.18 Å². The first kappa shape index (κ1) is 101. The van der Waals surface area contributed by atoms with Crippen LogP contribution in [0.5, 0.6) is 0 Å². The van der Waals surface area contributed by atoms with E-state index in [4.69, 9.17) is 37.6 Å². The van der Waals surface area contributed by atoms with Gasteiger partial charge in [0.1, 0.15) is 5.69 Å². The number of nitrogens with zero attached hydrogens (tertiary/aromatic N) is 8. The first-order valence-electron chi connectivity index (χ1n) is 44.8. The minimum atomic E-state index is -4.64. The van der Waals surface area contributed by atoms with Gasteiger partial charge in [-0.2, -0.15) is 18.4 Å². The summed E-state index contributed by atoms with van der Waals surface area (Å²) >= 11 is 6.37. The number of carbonyl (C=O) groups is 5. The summed E-state index contributed by atoms with van der Waals surface area (Å²) in [5.41, 5.74) is 22.4. The second-order valence-electron chi connectivity index (χ2n) is 29.6. The Morgan fingerprint density at radius 3 is 0.869 bits per heavy atom. The van der Waals surface area contributed by atoms with Crippen LogP contribution in [-0.2, 0) is 38.9 Å². The van der Waals surface area contributed by atoms with Crippen molar-refractivity contribution in [3.05, 3.63) is 406 Å². The molecule has 7 heterocycles. The van der Waals surface area contributed by atoms with Crippen LogP contribution >= 0.6 is 11.6 Å². The van der Waals surface area contributed by atoms with Crippen molar-refractivity contribution in [2.75, 3.05) is 0 Å². The van der Waals surface area contributed by atoms with E-state index in [0.29, 0.717) is 47.9 Å². The van der Waals surface area contributed by atoms with Crippen molar-refractivity contribution in [3.63, 3.8) is 0 Å². The fourth-order valence-electron chi connectivity index (χ4n) is 16.2. The molecule has 0 radical (unpaired) electrons. The minimum absolute atomic E-state index is 0.0100. The molecule has 20 rings (SSSR count). The van der Waals surface area contributed by atoms with Crippen LogP contribution in [0.3, 0.4) is 0 Å². The zero-order valence-corrected chi connectivity index (χ0v) is 77.9. The summed E-state index contributed by atoms with van der Waals surface area (Å²) in [6, 6.07) is 103. The normalized spacial score (nSPS) is 10.6. The van der Waals surface area contributed by atoms with Gasteiger partial charge in [0.05, 0.1) is 35.0 Å². The summed E-state index contributed by atoms with van der Waals surface area (Å²) in [6.45, 7) is 22.4. The van der Waals surface area contributed by atoms with E-state index in [1.54, 1.807) is 70.6 Å². The third kappa shape index (κ3) is 22.7. The predicted octanol–water partition coefficient (Wildman–Crippen LogP) is 25.3. The van der Waals surface area contributed by atoms with Gasteiger partial charge in [-0.05, 0) is 138 Å². The zero-order chi connectivity index (χ0) is 98.4. The molecule has 0 unspecified atom stereocenters. The number of para-hydroxylation sites is 10. The number of pyridine rings is 2. The number of amides is 5. The van der Waals surface area contributed by atoms with E-state index in [1.165, 1.54) is 62.2 Å². The molecule has 0 saturated heterocycles. The Morgan fingerprint density at radius 2 is 0.577 bits per heavy atom. The van der Waals surface area contributed by atoms with Crippen molar-refractivity contribution in [2.24, 2.45) is 0 Å². The first-order valence-corrected chi connectivity index (χ1v) is 45.2. The fraction of sp³-hybridized carbons (Fsp3) is 0.145. The highest BCUT2D eigenvalue weighted by Gasteiger charge is 2.35. The summed E-state index contributed by atoms with van der Waals surface area (Å²) < 4.78 is 51.6. The minimum Gasteiger partial charge on any atom is -0.336 e. The van der Waals surface area contributed by atoms with Crippen molar-refractivity contribution < 1.29 is 63.2 Å². The van der Waals surface area contributed by atoms with E-state index in [9.17, 15) is 42.4 Å². The van der Waals surface area contributed by atoms with Gasteiger partial charge in [-0.1, -0.05) is 287 Å². The quantitative estimate of drug-likeness (QED) is 0.0338. The Labute approximate surface area is 794 Å². The molecule has 0 aliphatic heterocycles. The van der Waals surface area contributed by atoms with E-state index in [2.05, 4.69) is 131 Å². The van der Waals surface area contributed by atoms with Crippen LogP contribution < -0.4 is 27.4 Å². The van der Waals surface area contributed by atoms with E-state index in [-0.39, 0.29) is 28.9 Å². The molecule has 0 spiro atoms. The lowest BCUT2D eigenvalue weighted by molar-refractivity contribution is -0.138. The molecule has 10 N–H and O–H groups in total. The van der Waals surface area contributed by atoms with Crippen molar-refractivity contribution >= 4 is 150 Å². The fourth-order valence-corrected chi connectivity index (χ4v) is 16.5. The van der Waals surface area contributed by atoms with E-state index in [1.807, 2.05) is 232 Å². The molecule has 7 aromatic heterocycles. The number of benzene rings is 13. The average molecular weight is 1860 g/mol. The van der Waals surface area contributed by atoms with Crippen LogP contribution in [0.2, 0.25) is 5.02 Å². The van der Waals surface area contributed by atoms with Gasteiger partial charge in [-0.15, -0.1) is 0 Å². The number of hydrogen-bond acceptors (Lipinski definition) is 13. The molecule has 0 aliphatic carbocycles. The van der Waals surface area contributed by atoms with E-state index < -0.39 is 41.3 Å². The molecule has 5 amide bonds. The Bertz CT molecular complexity index is 7210. The molecule has 0 saturated carbocycles. The van der Waals surface area contributed by atoms with E-state index in [0.717, 1.165) is 105 Å². The Balaban J connectivity index is 0.000000161. The Hall–Kier alpha value is -16.1. The number of nitriles is 1. The summed E-state index contributed by atoms with van der Waals surface area (Å²) in [5, 5.41) is 65.1. The summed E-state index contributed by atoms with van der Waals surface area (Å²) in [6.07, 6.45) is -1.51. The molecule has 13 aromatic carbocycles. The molecule has 698 valence electrons. The molecule has 0 atom stereocenters. The maximum atomic E-state index is 13.6. The Kier molecular flexibility index (Phi) is 35.9. The average Bonchev–Trinajstić information content (AvgIpc) is 1.63. The number of aromatic nitrogens is 7. The van der Waals surface area contributed by atoms with Crippen molar-refractivity contribution in [1.29, 1.82) is 5.26 Å². The molecule has 20 aromatic rings. The second-order valence-corrected chi connectivity index (χ2v) is 30.0. The van der Waals surface area contributed by atoms with Crippen molar-refractivity contribution in [3.8, 4) is 6.07 Å². The van der Waals surface area contributed by atoms with Gasteiger partial charge in [0.25, 0.3) is 29.5 Å². The third-order valence-electron chi connectivity index (χ3n) is 22.2. The van der Waals surface area contributed by atoms with Crippen molar-refractivity contribution in [2.45, 2.75) is 108 Å². The lowest BCUT2D eigenvalue weighted by Crippen LogP contribution is -2.20. The standard InChI is InChI=1S/C21H15F3N2O2.C21H15N3O2.C20H15ClN2O2.2C19H15N3O2.5C2H6/c22-21(23,24)17-11-13(20(27)25-28)9-10-14(17)12-26-18-7-3-1-5-15(18)16-6-2-4-8-19(16)26;22-12-16-11-14(21(25)23-26)9-10-15(16)13-24-19-7-3-1-5-17(19)18-6-2-4-8-20(18)24;21-17-11-13(20(24)22-25)9-10-14(17)12-23-18-7-3-1-5-15(18)16-6-2-4-8-19(16)23;23-19(21-24)13-9-10-14(20-11-13)12-22-17-7-3-1-5-15(17)16-6-2-4-8-18(16)22;23-19(21-24)16-10-9-13(11-20-16)12-22-17-7-3-1-5-14(17)15-6-2-4-8-18(15)22;5*1-2/h1-11,28H,12H2,(H,25,27);1-11,26H,13H2,(H,23,25);1-11,25H,12H2,(H,22,24);2*1-11,24H,12H2,(H,21,23);5*1-2H3. The summed E-state index contributed by atoms with van der Waals surface area (Å²) in [4.78, 5) is 65.8. The smallest absolute Gasteiger partial charge is 0.336 e. The molecule has 23 nitrogen and oxygen atoms in total. The topological polar surface area (TPSA) is 321 Å². The number of alkyl halides is 3. The highest BCUT2D eigenvalue weighted by molar-refractivity contribution is 6.31. The molecular formula is C110H105ClF3N13O10. The van der Waals surface area contributed by atoms with E-state index >= 15 is 0 Å². The molecule has 27 heteroatoms. The largest absolute Gasteiger partial charge is 0.416 e. The van der Waals surface area contributed by atoms with Gasteiger partial charge in [0.2, 0.25) is 0 Å². The maximum absolute atomic E-state index is 13.6. The number of rotatable bonds is 15. The van der Waals surface area contributed by atoms with Gasteiger partial charge in [-0.3, -0.25) is 60.0 Å². The molecular weight excluding hydrogens is 1760 g/mol. The number of fused-ring (bicyclic) bond motifs is 15. The van der Waals surface area contributed by atoms with Gasteiger partial charge in [-0.25, -0.2) is 27.4 Å². The highest BCUT2D eigenvalue weighted by atomic mass is 35.5. The Morgan fingerprint density at radius 1 is 0.307 bits per heavy atom. The van der Waals surface area contributed by atoms with Crippen LogP contribution in [0.25, 0.3) is 109 Å². The van der Waals surface area contributed by atoms with Crippen LogP contribution in [0.1, 0.15) is 160 Å². The van der Waals surface area contributed by atoms with Crippen LogP contribution in [0, 0.1) is 11.3 Å². The SMILES string of the molecule is CC.CC.CC.CC.CC.N#Cc1cc(C(=O)NO)ccc1Cn1c2ccccc2c2ccccc21.O=C(NO)c1ccc(Cn2c3ccccc3c3ccccc32)c(C(F)(F)F)c1.O=C(NO)c1ccc(Cn2c3ccccc3c3ccccc32)c(Cl)c1.O=C(NO)c1ccc(Cn2c3ccccc3c3ccccc32)cn1.O=C(NO)c1ccc(Cn2c3ccccc3c3ccccc32)nc1. The third-order valence-corrected chi connectivity index (χ3v) is 22.5. The molecule has 137 heavy (non-hydrogen) atoms. The lowest BCUT2D eigenvalue weighted by atomic mass is 10.0. The molecule has 0 bridgehead atoms. The number of carbonyl (C=O) groups excluding carboxylic acids is 5. The zero-order valence-electron chi connectivity index (χ0n) is 77.2. The number of hydroxylamine groups is 5. The van der Waals surface area contributed by atoms with Crippen LogP contribution in [-0.4, -0.2) is 88.4 Å². The summed E-state index contributed by atoms with van der Waals surface area (Å²) in [7, 11) is 0. The van der Waals surface area contributed by atoms with Crippen LogP contribution in [0.4, 0.5) is 13.2 Å². The predicted molar refractivity (Wildman–Crippen MR) is 538 cm³/mol. The molecule has 0 fully saturated rings. The van der Waals surface area contributed by atoms with Crippen molar-refractivity contribution in [1.82, 2.24) is 60.2 Å². The van der Waals surface area contributed by atoms with Gasteiger partial charge in [0.15, 0.2) is 0 Å². The molecule has 0 aliphatic rings. The lowest BCUT2D eigenvalue weighted by Gasteiger charge is -2.16. The maximum Gasteiger partial charge on any atom is 0.416 e. The number of halogens is 4.